The third-order valence-corrected chi connectivity index (χ3v) is 5.52. The van der Waals surface area contributed by atoms with Crippen molar-refractivity contribution in [2.75, 3.05) is 0 Å². The Balaban J connectivity index is 0. The summed E-state index contributed by atoms with van der Waals surface area (Å²) in [5.41, 5.74) is 4.37. The maximum Gasteiger partial charge on any atom is 0.195 e. The van der Waals surface area contributed by atoms with Gasteiger partial charge >= 0.3 is 0 Å². The van der Waals surface area contributed by atoms with Gasteiger partial charge in [0.1, 0.15) is 11.5 Å². The van der Waals surface area contributed by atoms with Crippen LogP contribution in [0.5, 0.6) is 5.75 Å². The number of hydrogen-bond donors (Lipinski definition) is 1. The molecular formula is C36H56N2O4. The number of nitrogens with zero attached hydrogens (tertiary/aromatic N) is 2. The van der Waals surface area contributed by atoms with Crippen molar-refractivity contribution in [3.63, 3.8) is 0 Å². The molecule has 1 aromatic heterocycles. The molecule has 0 radical (unpaired) electrons. The zero-order chi connectivity index (χ0) is 33.0. The number of carbonyl (C=O) groups excluding carboxylic acids is 3. The topological polar surface area (TPSA) is 89.3 Å². The number of imidazole rings is 1. The smallest absolute Gasteiger partial charge is 0.195 e. The van der Waals surface area contributed by atoms with E-state index in [1.165, 1.54) is 25.5 Å². The van der Waals surface area contributed by atoms with Crippen LogP contribution in [0.1, 0.15) is 122 Å². The first-order valence-electron chi connectivity index (χ1n) is 15.2. The van der Waals surface area contributed by atoms with Gasteiger partial charge < -0.3 is 14.5 Å². The molecule has 0 aliphatic heterocycles. The number of benzene rings is 2. The van der Waals surface area contributed by atoms with Gasteiger partial charge in [-0.05, 0) is 63.1 Å². The minimum Gasteiger partial charge on any atom is -0.508 e. The molecule has 0 amide bonds. The second kappa shape index (κ2) is 22.1. The number of rotatable bonds is 8. The van der Waals surface area contributed by atoms with Gasteiger partial charge in [0.25, 0.3) is 0 Å². The van der Waals surface area contributed by atoms with Gasteiger partial charge in [-0.25, -0.2) is 4.98 Å². The summed E-state index contributed by atoms with van der Waals surface area (Å²) in [6, 6.07) is 13.1. The van der Waals surface area contributed by atoms with Gasteiger partial charge in [0.05, 0.1) is 5.69 Å². The minimum absolute atomic E-state index is 0.0206. The Morgan fingerprint density at radius 3 is 1.76 bits per heavy atom. The molecule has 2 aromatic carbocycles. The maximum atomic E-state index is 11.6. The van der Waals surface area contributed by atoms with Crippen LogP contribution in [0.2, 0.25) is 0 Å². The summed E-state index contributed by atoms with van der Waals surface area (Å²) in [5.74, 6) is 2.05. The van der Waals surface area contributed by atoms with Crippen molar-refractivity contribution in [3.05, 3.63) is 71.2 Å². The Morgan fingerprint density at radius 2 is 1.38 bits per heavy atom. The average molecular weight is 581 g/mol. The molecule has 1 heterocycles. The molecule has 42 heavy (non-hydrogen) atoms. The summed E-state index contributed by atoms with van der Waals surface area (Å²) in [6.45, 7) is 25.8. The molecule has 1 N–H and O–H groups in total. The molecule has 0 saturated carbocycles. The van der Waals surface area contributed by atoms with Crippen LogP contribution in [0.3, 0.4) is 0 Å². The third-order valence-electron chi connectivity index (χ3n) is 5.52. The van der Waals surface area contributed by atoms with Crippen LogP contribution in [0.4, 0.5) is 0 Å². The van der Waals surface area contributed by atoms with Gasteiger partial charge in [-0.1, -0.05) is 91.8 Å². The molecule has 0 unspecified atom stereocenters. The predicted molar refractivity (Wildman–Crippen MR) is 178 cm³/mol. The summed E-state index contributed by atoms with van der Waals surface area (Å²) in [5, 5.41) is 9.20. The SMILES string of the molecule is CC.CC.CC(=O)c1ccc(C)c(O)c1.CC(C)C.CCn1cc(-c2ccc(C[C@H](C)CC(C)=O)cc2)nc1C(C)=O. The lowest BCUT2D eigenvalue weighted by Gasteiger charge is -2.09. The molecule has 1 atom stereocenters. The summed E-state index contributed by atoms with van der Waals surface area (Å²) in [7, 11) is 0. The molecular weight excluding hydrogens is 524 g/mol. The van der Waals surface area contributed by atoms with E-state index in [-0.39, 0.29) is 23.1 Å². The number of phenolic OH excluding ortho intramolecular Hbond substituents is 1. The number of hydrogen-bond acceptors (Lipinski definition) is 5. The van der Waals surface area contributed by atoms with Crippen molar-refractivity contribution in [3.8, 4) is 17.0 Å². The second-order valence-corrected chi connectivity index (χ2v) is 10.5. The van der Waals surface area contributed by atoms with E-state index in [1.807, 2.05) is 57.5 Å². The van der Waals surface area contributed by atoms with Crippen LogP contribution < -0.4 is 0 Å². The Bertz CT molecular complexity index is 1200. The van der Waals surface area contributed by atoms with Crippen LogP contribution >= 0.6 is 0 Å². The van der Waals surface area contributed by atoms with E-state index < -0.39 is 0 Å². The molecule has 0 bridgehead atoms. The van der Waals surface area contributed by atoms with Crippen molar-refractivity contribution in [1.29, 1.82) is 0 Å². The van der Waals surface area contributed by atoms with Crippen LogP contribution in [0.15, 0.2) is 48.7 Å². The highest BCUT2D eigenvalue weighted by Crippen LogP contribution is 2.22. The molecule has 6 nitrogen and oxygen atoms in total. The molecule has 6 heteroatoms. The van der Waals surface area contributed by atoms with Gasteiger partial charge in [0.15, 0.2) is 17.4 Å². The monoisotopic (exact) mass is 580 g/mol. The molecule has 3 aromatic rings. The summed E-state index contributed by atoms with van der Waals surface area (Å²) in [6.07, 6.45) is 3.43. The van der Waals surface area contributed by atoms with Crippen molar-refractivity contribution < 1.29 is 19.5 Å². The van der Waals surface area contributed by atoms with Crippen molar-refractivity contribution in [2.45, 2.75) is 109 Å². The Hall–Kier alpha value is -3.54. The van der Waals surface area contributed by atoms with Crippen molar-refractivity contribution in [1.82, 2.24) is 9.55 Å². The number of aromatic nitrogens is 2. The molecule has 0 saturated heterocycles. The number of carbonyl (C=O) groups is 3. The lowest BCUT2D eigenvalue weighted by Crippen LogP contribution is -2.05. The van der Waals surface area contributed by atoms with Gasteiger partial charge in [-0.3, -0.25) is 9.59 Å². The van der Waals surface area contributed by atoms with E-state index in [2.05, 4.69) is 44.8 Å². The van der Waals surface area contributed by atoms with E-state index in [0.29, 0.717) is 23.7 Å². The first-order valence-corrected chi connectivity index (χ1v) is 15.2. The molecule has 234 valence electrons. The van der Waals surface area contributed by atoms with Crippen molar-refractivity contribution in [2.24, 2.45) is 11.8 Å². The van der Waals surface area contributed by atoms with Crippen LogP contribution in [0, 0.1) is 18.8 Å². The minimum atomic E-state index is -0.0275. The van der Waals surface area contributed by atoms with Crippen LogP contribution in [0.25, 0.3) is 11.3 Å². The number of Topliss-reactive ketones (excluding diaryl/α,β-unsaturated/α-hetero) is 3. The fourth-order valence-corrected chi connectivity index (χ4v) is 3.68. The third kappa shape index (κ3) is 16.0. The maximum absolute atomic E-state index is 11.6. The number of aryl methyl sites for hydroxylation is 2. The fraction of sp³-hybridized carbons (Fsp3) is 0.500. The Morgan fingerprint density at radius 1 is 0.857 bits per heavy atom. The number of phenols is 1. The highest BCUT2D eigenvalue weighted by atomic mass is 16.3. The van der Waals surface area contributed by atoms with Gasteiger partial charge in [0, 0.05) is 37.2 Å². The van der Waals surface area contributed by atoms with E-state index in [1.54, 1.807) is 26.0 Å². The number of ketones is 3. The summed E-state index contributed by atoms with van der Waals surface area (Å²) < 4.78 is 1.88. The fourth-order valence-electron chi connectivity index (χ4n) is 3.68. The quantitative estimate of drug-likeness (QED) is 0.268. The predicted octanol–water partition coefficient (Wildman–Crippen LogP) is 9.55. The average Bonchev–Trinajstić information content (AvgIpc) is 3.37. The summed E-state index contributed by atoms with van der Waals surface area (Å²) >= 11 is 0. The standard InChI is InChI=1S/C19H24N2O2.C9H10O2.C4H10.2C2H6/c1-5-21-12-18(20-19(21)15(4)23)17-8-6-16(7-9-17)11-13(2)10-14(3)22;1-6-3-4-8(7(2)10)5-9(6)11;1-4(2)3;2*1-2/h6-9,12-13H,5,10-11H2,1-4H3;3-5,11H,1-2H3;4H,1-3H3;2*1-2H3/t13-;;;;/m1..../s1. The van der Waals surface area contributed by atoms with Gasteiger partial charge in [0.2, 0.25) is 0 Å². The zero-order valence-corrected chi connectivity index (χ0v) is 28.5. The van der Waals surface area contributed by atoms with E-state index in [9.17, 15) is 19.5 Å². The van der Waals surface area contributed by atoms with E-state index in [4.69, 9.17) is 0 Å². The molecule has 3 rings (SSSR count). The van der Waals surface area contributed by atoms with E-state index >= 15 is 0 Å². The molecule has 0 fully saturated rings. The lowest BCUT2D eigenvalue weighted by molar-refractivity contribution is -0.117. The molecule has 0 spiro atoms. The van der Waals surface area contributed by atoms with E-state index in [0.717, 1.165) is 35.7 Å². The van der Waals surface area contributed by atoms with Crippen molar-refractivity contribution >= 4 is 17.3 Å². The van der Waals surface area contributed by atoms with Crippen LogP contribution in [-0.4, -0.2) is 32.0 Å². The lowest BCUT2D eigenvalue weighted by atomic mass is 9.96. The number of aromatic hydroxyl groups is 1. The molecule has 0 aliphatic carbocycles. The summed E-state index contributed by atoms with van der Waals surface area (Å²) in [4.78, 5) is 38.0. The first-order chi connectivity index (χ1) is 19.7. The molecule has 0 aliphatic rings. The van der Waals surface area contributed by atoms with Gasteiger partial charge in [-0.15, -0.1) is 0 Å². The largest absolute Gasteiger partial charge is 0.508 e. The second-order valence-electron chi connectivity index (χ2n) is 10.5. The highest BCUT2D eigenvalue weighted by Gasteiger charge is 2.13. The van der Waals surface area contributed by atoms with Crippen LogP contribution in [-0.2, 0) is 17.8 Å². The highest BCUT2D eigenvalue weighted by molar-refractivity contribution is 5.94. The Kier molecular flexibility index (Phi) is 21.4. The zero-order valence-electron chi connectivity index (χ0n) is 28.5. The normalized spacial score (nSPS) is 10.3. The Labute approximate surface area is 255 Å². The first kappa shape index (κ1) is 40.6. The van der Waals surface area contributed by atoms with Gasteiger partial charge in [-0.2, -0.15) is 0 Å².